The standard InChI is InChI=1S/C14H17NO2/c1-3-14(4-2)10-12(15-17-13(14)16)11-8-6-5-7-9-11/h5-9H,3-4,10H2,1-2H3. The normalized spacial score (nSPS) is 18.5. The van der Waals surface area contributed by atoms with Gasteiger partial charge in [-0.2, -0.15) is 0 Å². The molecule has 1 heterocycles. The second-order valence-corrected chi connectivity index (χ2v) is 4.45. The molecule has 0 saturated heterocycles. The first-order chi connectivity index (χ1) is 8.22. The maximum absolute atomic E-state index is 11.8. The topological polar surface area (TPSA) is 38.7 Å². The zero-order valence-corrected chi connectivity index (χ0v) is 10.3. The van der Waals surface area contributed by atoms with Crippen LogP contribution >= 0.6 is 0 Å². The molecule has 0 saturated carbocycles. The maximum atomic E-state index is 11.8. The van der Waals surface area contributed by atoms with E-state index in [-0.39, 0.29) is 5.97 Å². The molecule has 0 amide bonds. The van der Waals surface area contributed by atoms with Crippen molar-refractivity contribution in [3.05, 3.63) is 35.9 Å². The molecule has 1 aromatic carbocycles. The number of hydrogen-bond acceptors (Lipinski definition) is 3. The highest BCUT2D eigenvalue weighted by Crippen LogP contribution is 2.36. The van der Waals surface area contributed by atoms with E-state index in [1.807, 2.05) is 44.2 Å². The fourth-order valence-electron chi connectivity index (χ4n) is 2.19. The van der Waals surface area contributed by atoms with Gasteiger partial charge in [-0.25, -0.2) is 4.79 Å². The SMILES string of the molecule is CCC1(CC)CC(c2ccccc2)=NOC1=O. The minimum Gasteiger partial charge on any atom is -0.317 e. The van der Waals surface area contributed by atoms with Crippen LogP contribution in [-0.2, 0) is 9.63 Å². The fraction of sp³-hybridized carbons (Fsp3) is 0.429. The van der Waals surface area contributed by atoms with E-state index in [0.29, 0.717) is 6.42 Å². The van der Waals surface area contributed by atoms with Crippen molar-refractivity contribution in [3.63, 3.8) is 0 Å². The molecule has 0 N–H and O–H groups in total. The quantitative estimate of drug-likeness (QED) is 0.749. The molecule has 0 aromatic heterocycles. The van der Waals surface area contributed by atoms with Crippen molar-refractivity contribution in [3.8, 4) is 0 Å². The molecule has 0 aliphatic carbocycles. The number of carbonyl (C=O) groups excluding carboxylic acids is 1. The summed E-state index contributed by atoms with van der Waals surface area (Å²) in [6, 6.07) is 9.88. The highest BCUT2D eigenvalue weighted by molar-refractivity contribution is 6.04. The summed E-state index contributed by atoms with van der Waals surface area (Å²) < 4.78 is 0. The zero-order chi connectivity index (χ0) is 12.3. The Balaban J connectivity index is 2.31. The first-order valence-electron chi connectivity index (χ1n) is 6.05. The molecule has 0 atom stereocenters. The Labute approximate surface area is 101 Å². The highest BCUT2D eigenvalue weighted by Gasteiger charge is 2.41. The van der Waals surface area contributed by atoms with Crippen molar-refractivity contribution in [2.75, 3.05) is 0 Å². The summed E-state index contributed by atoms with van der Waals surface area (Å²) in [7, 11) is 0. The molecule has 0 bridgehead atoms. The van der Waals surface area contributed by atoms with E-state index in [1.165, 1.54) is 0 Å². The van der Waals surface area contributed by atoms with Crippen LogP contribution in [0.1, 0.15) is 38.7 Å². The van der Waals surface area contributed by atoms with E-state index < -0.39 is 5.41 Å². The molecule has 0 spiro atoms. The lowest BCUT2D eigenvalue weighted by molar-refractivity contribution is -0.158. The average Bonchev–Trinajstić information content (AvgIpc) is 2.41. The van der Waals surface area contributed by atoms with E-state index in [0.717, 1.165) is 24.1 Å². The minimum atomic E-state index is -0.396. The Morgan fingerprint density at radius 2 is 1.88 bits per heavy atom. The van der Waals surface area contributed by atoms with Gasteiger partial charge >= 0.3 is 5.97 Å². The van der Waals surface area contributed by atoms with Crippen molar-refractivity contribution < 1.29 is 9.63 Å². The van der Waals surface area contributed by atoms with Crippen LogP contribution in [0, 0.1) is 5.41 Å². The summed E-state index contributed by atoms with van der Waals surface area (Å²) in [5.74, 6) is -0.192. The van der Waals surface area contributed by atoms with Gasteiger partial charge in [0.2, 0.25) is 0 Å². The minimum absolute atomic E-state index is 0.192. The van der Waals surface area contributed by atoms with Crippen LogP contribution in [0.25, 0.3) is 0 Å². The van der Waals surface area contributed by atoms with Crippen LogP contribution in [-0.4, -0.2) is 11.7 Å². The monoisotopic (exact) mass is 231 g/mol. The van der Waals surface area contributed by atoms with Gasteiger partial charge in [-0.3, -0.25) is 0 Å². The van der Waals surface area contributed by atoms with Crippen molar-refractivity contribution in [2.24, 2.45) is 10.6 Å². The van der Waals surface area contributed by atoms with Crippen molar-refractivity contribution in [2.45, 2.75) is 33.1 Å². The van der Waals surface area contributed by atoms with Gasteiger partial charge in [0.1, 0.15) is 0 Å². The third kappa shape index (κ3) is 2.09. The van der Waals surface area contributed by atoms with Crippen molar-refractivity contribution in [1.29, 1.82) is 0 Å². The van der Waals surface area contributed by atoms with Gasteiger partial charge in [0.25, 0.3) is 0 Å². The van der Waals surface area contributed by atoms with E-state index in [1.54, 1.807) is 0 Å². The van der Waals surface area contributed by atoms with Gasteiger partial charge in [-0.1, -0.05) is 49.3 Å². The van der Waals surface area contributed by atoms with E-state index in [2.05, 4.69) is 5.16 Å². The van der Waals surface area contributed by atoms with E-state index in [4.69, 9.17) is 4.84 Å². The van der Waals surface area contributed by atoms with Gasteiger partial charge in [0.05, 0.1) is 11.1 Å². The highest BCUT2D eigenvalue weighted by atomic mass is 16.7. The lowest BCUT2D eigenvalue weighted by Crippen LogP contribution is -2.37. The van der Waals surface area contributed by atoms with Crippen LogP contribution in [0.15, 0.2) is 35.5 Å². The van der Waals surface area contributed by atoms with E-state index >= 15 is 0 Å². The largest absolute Gasteiger partial charge is 0.341 e. The summed E-state index contributed by atoms with van der Waals surface area (Å²) in [5.41, 5.74) is 1.51. The fourth-order valence-corrected chi connectivity index (χ4v) is 2.19. The van der Waals surface area contributed by atoms with E-state index in [9.17, 15) is 4.79 Å². The molecule has 0 radical (unpaired) electrons. The number of carbonyl (C=O) groups is 1. The molecule has 17 heavy (non-hydrogen) atoms. The molecular formula is C14H17NO2. The Bertz CT molecular complexity index is 433. The number of benzene rings is 1. The van der Waals surface area contributed by atoms with Crippen molar-refractivity contribution in [1.82, 2.24) is 0 Å². The Morgan fingerprint density at radius 3 is 2.47 bits per heavy atom. The second-order valence-electron chi connectivity index (χ2n) is 4.45. The number of rotatable bonds is 3. The van der Waals surface area contributed by atoms with Crippen LogP contribution in [0.5, 0.6) is 0 Å². The summed E-state index contributed by atoms with van der Waals surface area (Å²) in [6.07, 6.45) is 2.24. The summed E-state index contributed by atoms with van der Waals surface area (Å²) in [4.78, 5) is 16.8. The molecular weight excluding hydrogens is 214 g/mol. The third-order valence-corrected chi connectivity index (χ3v) is 3.64. The van der Waals surface area contributed by atoms with Crippen LogP contribution in [0.3, 0.4) is 0 Å². The summed E-state index contributed by atoms with van der Waals surface area (Å²) in [6.45, 7) is 4.05. The number of nitrogens with zero attached hydrogens (tertiary/aromatic N) is 1. The Morgan fingerprint density at radius 1 is 1.24 bits per heavy atom. The predicted octanol–water partition coefficient (Wildman–Crippen LogP) is 3.14. The molecule has 1 aliphatic rings. The van der Waals surface area contributed by atoms with Gasteiger partial charge in [-0.15, -0.1) is 0 Å². The molecule has 0 fully saturated rings. The number of hydrogen-bond donors (Lipinski definition) is 0. The third-order valence-electron chi connectivity index (χ3n) is 3.64. The lowest BCUT2D eigenvalue weighted by atomic mass is 9.76. The van der Waals surface area contributed by atoms with Crippen LogP contribution < -0.4 is 0 Å². The molecule has 1 aromatic rings. The molecule has 3 nitrogen and oxygen atoms in total. The first-order valence-corrected chi connectivity index (χ1v) is 6.05. The van der Waals surface area contributed by atoms with Crippen molar-refractivity contribution >= 4 is 11.7 Å². The average molecular weight is 231 g/mol. The first kappa shape index (κ1) is 11.8. The Hall–Kier alpha value is -1.64. The lowest BCUT2D eigenvalue weighted by Gasteiger charge is -2.31. The predicted molar refractivity (Wildman–Crippen MR) is 66.7 cm³/mol. The zero-order valence-electron chi connectivity index (χ0n) is 10.3. The molecule has 90 valence electrons. The molecule has 3 heteroatoms. The molecule has 0 unspecified atom stereocenters. The van der Waals surface area contributed by atoms with Gasteiger partial charge in [-0.05, 0) is 18.4 Å². The molecule has 2 rings (SSSR count). The number of oxime groups is 1. The summed E-state index contributed by atoms with van der Waals surface area (Å²) >= 11 is 0. The van der Waals surface area contributed by atoms with Gasteiger partial charge in [0, 0.05) is 6.42 Å². The van der Waals surface area contributed by atoms with Crippen LogP contribution in [0.2, 0.25) is 0 Å². The smallest absolute Gasteiger partial charge is 0.317 e. The van der Waals surface area contributed by atoms with Crippen LogP contribution in [0.4, 0.5) is 0 Å². The summed E-state index contributed by atoms with van der Waals surface area (Å²) in [5, 5.41) is 3.94. The molecule has 1 aliphatic heterocycles. The Kier molecular flexibility index (Phi) is 3.27. The van der Waals surface area contributed by atoms with Gasteiger partial charge in [0.15, 0.2) is 0 Å². The second kappa shape index (κ2) is 4.70. The van der Waals surface area contributed by atoms with Gasteiger partial charge < -0.3 is 4.84 Å². The maximum Gasteiger partial charge on any atom is 0.341 e.